The molecule has 3 heteroatoms. The summed E-state index contributed by atoms with van der Waals surface area (Å²) in [5.74, 6) is 0.761. The van der Waals surface area contributed by atoms with Gasteiger partial charge >= 0.3 is 0 Å². The van der Waals surface area contributed by atoms with E-state index < -0.39 is 0 Å². The van der Waals surface area contributed by atoms with Crippen molar-refractivity contribution in [1.82, 2.24) is 0 Å². The largest absolute Gasteiger partial charge is 0.477 e. The first-order valence-corrected chi connectivity index (χ1v) is 4.43. The van der Waals surface area contributed by atoms with Crippen LogP contribution in [0.15, 0.2) is 18.2 Å². The molecule has 0 N–H and O–H groups in total. The highest BCUT2D eigenvalue weighted by Gasteiger charge is 2.05. The molecule has 0 aliphatic rings. The van der Waals surface area contributed by atoms with Gasteiger partial charge in [0.2, 0.25) is 0 Å². The number of rotatable bonds is 3. The number of benzene rings is 1. The highest BCUT2D eigenvalue weighted by atomic mass is 16.5. The van der Waals surface area contributed by atoms with Crippen LogP contribution in [0.5, 0.6) is 5.75 Å². The van der Waals surface area contributed by atoms with Crippen molar-refractivity contribution in [2.24, 2.45) is 0 Å². The molecule has 0 aliphatic carbocycles. The van der Waals surface area contributed by atoms with Crippen LogP contribution in [0.4, 0.5) is 5.69 Å². The Kier molecular flexibility index (Phi) is 3.35. The molecule has 1 aromatic rings. The van der Waals surface area contributed by atoms with Crippen LogP contribution in [0, 0.1) is 18.3 Å². The average molecular weight is 190 g/mol. The smallest absolute Gasteiger partial charge is 0.174 e. The van der Waals surface area contributed by atoms with E-state index in [4.69, 9.17) is 10.00 Å². The number of ether oxygens (including phenoxy) is 1. The third-order valence-corrected chi connectivity index (χ3v) is 1.89. The molecular formula is C11H14N2O. The average Bonchev–Trinajstić information content (AvgIpc) is 2.14. The van der Waals surface area contributed by atoms with E-state index in [2.05, 4.69) is 0 Å². The van der Waals surface area contributed by atoms with Crippen molar-refractivity contribution < 1.29 is 4.74 Å². The fraction of sp³-hybridized carbons (Fsp3) is 0.364. The van der Waals surface area contributed by atoms with Crippen LogP contribution in [0.3, 0.4) is 0 Å². The number of nitrogens with zero attached hydrogens (tertiary/aromatic N) is 2. The Morgan fingerprint density at radius 2 is 2.14 bits per heavy atom. The Hall–Kier alpha value is -1.69. The van der Waals surface area contributed by atoms with Crippen LogP contribution < -0.4 is 9.64 Å². The van der Waals surface area contributed by atoms with Gasteiger partial charge in [-0.15, -0.1) is 0 Å². The van der Waals surface area contributed by atoms with Gasteiger partial charge in [-0.3, -0.25) is 0 Å². The third kappa shape index (κ3) is 2.40. The fourth-order valence-corrected chi connectivity index (χ4v) is 1.22. The first-order valence-electron chi connectivity index (χ1n) is 4.43. The van der Waals surface area contributed by atoms with Gasteiger partial charge in [0.25, 0.3) is 0 Å². The van der Waals surface area contributed by atoms with Gasteiger partial charge in [-0.25, -0.2) is 0 Å². The Morgan fingerprint density at radius 1 is 1.43 bits per heavy atom. The van der Waals surface area contributed by atoms with E-state index in [1.54, 1.807) is 0 Å². The molecule has 3 nitrogen and oxygen atoms in total. The van der Waals surface area contributed by atoms with Gasteiger partial charge in [-0.2, -0.15) is 5.26 Å². The molecule has 14 heavy (non-hydrogen) atoms. The molecule has 0 spiro atoms. The minimum atomic E-state index is 0.0876. The third-order valence-electron chi connectivity index (χ3n) is 1.89. The molecule has 0 atom stereocenters. The summed E-state index contributed by atoms with van der Waals surface area (Å²) in [6.45, 7) is 2.09. The van der Waals surface area contributed by atoms with Gasteiger partial charge in [0.05, 0.1) is 5.69 Å². The lowest BCUT2D eigenvalue weighted by Gasteiger charge is -2.17. The second-order valence-corrected chi connectivity index (χ2v) is 3.31. The minimum Gasteiger partial charge on any atom is -0.477 e. The lowest BCUT2D eigenvalue weighted by Crippen LogP contribution is -2.11. The van der Waals surface area contributed by atoms with Crippen LogP contribution in [0.2, 0.25) is 0 Å². The van der Waals surface area contributed by atoms with E-state index in [9.17, 15) is 0 Å². The summed E-state index contributed by atoms with van der Waals surface area (Å²) < 4.78 is 5.33. The summed E-state index contributed by atoms with van der Waals surface area (Å²) in [6.07, 6.45) is 0. The molecule has 0 bridgehead atoms. The van der Waals surface area contributed by atoms with Gasteiger partial charge in [0, 0.05) is 14.1 Å². The van der Waals surface area contributed by atoms with E-state index in [0.29, 0.717) is 0 Å². The highest BCUT2D eigenvalue weighted by molar-refractivity contribution is 5.58. The molecule has 0 amide bonds. The topological polar surface area (TPSA) is 36.3 Å². The maximum Gasteiger partial charge on any atom is 0.174 e. The van der Waals surface area contributed by atoms with Gasteiger partial charge in [-0.1, -0.05) is 6.07 Å². The van der Waals surface area contributed by atoms with Gasteiger partial charge in [-0.05, 0) is 24.6 Å². The van der Waals surface area contributed by atoms with Crippen LogP contribution in [-0.4, -0.2) is 20.7 Å². The van der Waals surface area contributed by atoms with E-state index in [-0.39, 0.29) is 6.61 Å². The lowest BCUT2D eigenvalue weighted by atomic mass is 10.2. The maximum atomic E-state index is 8.44. The van der Waals surface area contributed by atoms with Crippen molar-refractivity contribution in [3.05, 3.63) is 23.8 Å². The zero-order valence-electron chi connectivity index (χ0n) is 8.74. The van der Waals surface area contributed by atoms with E-state index in [1.807, 2.05) is 50.2 Å². The predicted octanol–water partition coefficient (Wildman–Crippen LogP) is 1.96. The normalized spacial score (nSPS) is 9.29. The number of nitriles is 1. The molecule has 0 saturated heterocycles. The second kappa shape index (κ2) is 4.52. The number of hydrogen-bond donors (Lipinski definition) is 0. The molecule has 1 aromatic carbocycles. The van der Waals surface area contributed by atoms with Crippen molar-refractivity contribution in [2.75, 3.05) is 25.6 Å². The summed E-state index contributed by atoms with van der Waals surface area (Å²) in [5, 5.41) is 8.44. The van der Waals surface area contributed by atoms with Crippen molar-refractivity contribution in [3.63, 3.8) is 0 Å². The van der Waals surface area contributed by atoms with Crippen molar-refractivity contribution >= 4 is 5.69 Å². The molecule has 1 rings (SSSR count). The molecule has 0 radical (unpaired) electrons. The molecule has 0 unspecified atom stereocenters. The molecule has 0 aromatic heterocycles. The van der Waals surface area contributed by atoms with Crippen molar-refractivity contribution in [1.29, 1.82) is 5.26 Å². The molecule has 0 saturated carbocycles. The highest BCUT2D eigenvalue weighted by Crippen LogP contribution is 2.27. The van der Waals surface area contributed by atoms with E-state index >= 15 is 0 Å². The van der Waals surface area contributed by atoms with E-state index in [0.717, 1.165) is 17.0 Å². The zero-order valence-corrected chi connectivity index (χ0v) is 8.74. The lowest BCUT2D eigenvalue weighted by molar-refractivity contribution is 0.368. The molecule has 74 valence electrons. The SMILES string of the molecule is Cc1ccc(N(C)C)c(OCC#N)c1. The van der Waals surface area contributed by atoms with Crippen molar-refractivity contribution in [2.45, 2.75) is 6.92 Å². The molecular weight excluding hydrogens is 176 g/mol. The second-order valence-electron chi connectivity index (χ2n) is 3.31. The maximum absolute atomic E-state index is 8.44. The van der Waals surface area contributed by atoms with Gasteiger partial charge in [0.1, 0.15) is 11.8 Å². The monoisotopic (exact) mass is 190 g/mol. The van der Waals surface area contributed by atoms with E-state index in [1.165, 1.54) is 0 Å². The summed E-state index contributed by atoms with van der Waals surface area (Å²) in [4.78, 5) is 1.96. The Morgan fingerprint density at radius 3 is 2.71 bits per heavy atom. The first kappa shape index (κ1) is 10.4. The van der Waals surface area contributed by atoms with Crippen LogP contribution in [0.25, 0.3) is 0 Å². The van der Waals surface area contributed by atoms with Gasteiger partial charge < -0.3 is 9.64 Å². The summed E-state index contributed by atoms with van der Waals surface area (Å²) in [6, 6.07) is 7.91. The van der Waals surface area contributed by atoms with Crippen LogP contribution >= 0.6 is 0 Å². The fourth-order valence-electron chi connectivity index (χ4n) is 1.22. The summed E-state index contributed by atoms with van der Waals surface area (Å²) >= 11 is 0. The van der Waals surface area contributed by atoms with Gasteiger partial charge in [0.15, 0.2) is 6.61 Å². The number of hydrogen-bond acceptors (Lipinski definition) is 3. The van der Waals surface area contributed by atoms with Crippen LogP contribution in [0.1, 0.15) is 5.56 Å². The van der Waals surface area contributed by atoms with Crippen molar-refractivity contribution in [3.8, 4) is 11.8 Å². The number of aryl methyl sites for hydroxylation is 1. The summed E-state index contributed by atoms with van der Waals surface area (Å²) in [7, 11) is 3.90. The standard InChI is InChI=1S/C11H14N2O/c1-9-4-5-10(13(2)3)11(8-9)14-7-6-12/h4-5,8H,7H2,1-3H3. The Bertz CT molecular complexity index is 353. The predicted molar refractivity (Wildman–Crippen MR) is 56.6 cm³/mol. The summed E-state index contributed by atoms with van der Waals surface area (Å²) in [5.41, 5.74) is 2.12. The quantitative estimate of drug-likeness (QED) is 0.731. The Labute approximate surface area is 84.5 Å². The van der Waals surface area contributed by atoms with Crippen LogP contribution in [-0.2, 0) is 0 Å². The first-order chi connectivity index (χ1) is 6.65. The number of anilines is 1. The zero-order chi connectivity index (χ0) is 10.6. The molecule has 0 aliphatic heterocycles. The minimum absolute atomic E-state index is 0.0876. The Balaban J connectivity index is 2.98. The molecule has 0 fully saturated rings. The molecule has 0 heterocycles.